The first-order chi connectivity index (χ1) is 14.2. The van der Waals surface area contributed by atoms with Crippen molar-refractivity contribution in [3.05, 3.63) is 53.1 Å². The molecule has 2 aliphatic heterocycles. The van der Waals surface area contributed by atoms with Crippen LogP contribution in [-0.2, 0) is 9.53 Å². The van der Waals surface area contributed by atoms with Crippen LogP contribution in [0.15, 0.2) is 42.5 Å². The number of nitrogens with zero attached hydrogens (tertiary/aromatic N) is 1. The van der Waals surface area contributed by atoms with E-state index in [1.807, 2.05) is 30.3 Å². The summed E-state index contributed by atoms with van der Waals surface area (Å²) in [5.41, 5.74) is 2.65. The molecule has 0 spiro atoms. The Hall–Kier alpha value is -2.70. The highest BCUT2D eigenvalue weighted by Gasteiger charge is 2.15. The molecule has 7 heteroatoms. The summed E-state index contributed by atoms with van der Waals surface area (Å²) in [6, 6.07) is 11.4. The van der Waals surface area contributed by atoms with E-state index in [1.165, 1.54) is 6.08 Å². The lowest BCUT2D eigenvalue weighted by Crippen LogP contribution is -2.36. The topological polar surface area (TPSA) is 60.0 Å². The summed E-state index contributed by atoms with van der Waals surface area (Å²) >= 11 is 6.29. The summed E-state index contributed by atoms with van der Waals surface area (Å²) < 4.78 is 16.7. The summed E-state index contributed by atoms with van der Waals surface area (Å²) in [5, 5.41) is 3.35. The van der Waals surface area contributed by atoms with Crippen LogP contribution >= 0.6 is 11.6 Å². The van der Waals surface area contributed by atoms with Gasteiger partial charge >= 0.3 is 0 Å². The summed E-state index contributed by atoms with van der Waals surface area (Å²) in [4.78, 5) is 14.6. The molecule has 0 unspecified atom stereocenters. The molecule has 2 aliphatic rings. The normalized spacial score (nSPS) is 16.5. The Morgan fingerprint density at radius 3 is 2.59 bits per heavy atom. The molecule has 2 aromatic rings. The van der Waals surface area contributed by atoms with Crippen LogP contribution in [0.4, 0.5) is 11.4 Å². The number of morpholine rings is 1. The second-order valence-electron chi connectivity index (χ2n) is 6.85. The molecule has 0 atom stereocenters. The zero-order valence-corrected chi connectivity index (χ0v) is 16.8. The van der Waals surface area contributed by atoms with Gasteiger partial charge in [0.1, 0.15) is 0 Å². The van der Waals surface area contributed by atoms with E-state index in [0.717, 1.165) is 49.7 Å². The number of amides is 1. The molecule has 2 aromatic carbocycles. The Morgan fingerprint density at radius 1 is 1.03 bits per heavy atom. The van der Waals surface area contributed by atoms with Gasteiger partial charge in [-0.1, -0.05) is 11.6 Å². The zero-order chi connectivity index (χ0) is 20.1. The molecule has 152 valence electrons. The third kappa shape index (κ3) is 5.02. The maximum Gasteiger partial charge on any atom is 0.248 e. The number of benzene rings is 2. The van der Waals surface area contributed by atoms with Crippen molar-refractivity contribution >= 4 is 35.0 Å². The SMILES string of the molecule is O=C(C=Cc1cc(Cl)c2c(c1)OCCCO2)Nc1ccc(N2CCOCC2)cc1. The number of nitrogens with one attached hydrogen (secondary N) is 1. The van der Waals surface area contributed by atoms with E-state index >= 15 is 0 Å². The molecule has 1 N–H and O–H groups in total. The molecule has 1 saturated heterocycles. The predicted octanol–water partition coefficient (Wildman–Crippen LogP) is 3.99. The Balaban J connectivity index is 1.38. The monoisotopic (exact) mass is 414 g/mol. The minimum Gasteiger partial charge on any atom is -0.489 e. The van der Waals surface area contributed by atoms with Crippen LogP contribution in [0.1, 0.15) is 12.0 Å². The lowest BCUT2D eigenvalue weighted by molar-refractivity contribution is -0.111. The number of carbonyl (C=O) groups excluding carboxylic acids is 1. The number of anilines is 2. The van der Waals surface area contributed by atoms with Crippen molar-refractivity contribution in [2.75, 3.05) is 49.7 Å². The van der Waals surface area contributed by atoms with Crippen molar-refractivity contribution in [2.45, 2.75) is 6.42 Å². The second-order valence-corrected chi connectivity index (χ2v) is 7.26. The van der Waals surface area contributed by atoms with E-state index in [9.17, 15) is 4.79 Å². The Kier molecular flexibility index (Phi) is 6.22. The first-order valence-electron chi connectivity index (χ1n) is 9.70. The average molecular weight is 415 g/mol. The molecular formula is C22H23ClN2O4. The third-order valence-corrected chi connectivity index (χ3v) is 5.04. The molecule has 1 fully saturated rings. The van der Waals surface area contributed by atoms with E-state index in [-0.39, 0.29) is 5.91 Å². The Morgan fingerprint density at radius 2 is 1.79 bits per heavy atom. The number of hydrogen-bond acceptors (Lipinski definition) is 5. The van der Waals surface area contributed by atoms with E-state index in [4.69, 9.17) is 25.8 Å². The van der Waals surface area contributed by atoms with E-state index in [2.05, 4.69) is 10.2 Å². The smallest absolute Gasteiger partial charge is 0.248 e. The van der Waals surface area contributed by atoms with Crippen molar-refractivity contribution in [3.63, 3.8) is 0 Å². The van der Waals surface area contributed by atoms with Gasteiger partial charge in [-0.05, 0) is 48.0 Å². The minimum atomic E-state index is -0.215. The van der Waals surface area contributed by atoms with Gasteiger partial charge in [-0.3, -0.25) is 4.79 Å². The van der Waals surface area contributed by atoms with Crippen molar-refractivity contribution in [1.29, 1.82) is 0 Å². The van der Waals surface area contributed by atoms with E-state index in [1.54, 1.807) is 12.1 Å². The van der Waals surface area contributed by atoms with Crippen molar-refractivity contribution in [2.24, 2.45) is 0 Å². The predicted molar refractivity (Wildman–Crippen MR) is 114 cm³/mol. The summed E-state index contributed by atoms with van der Waals surface area (Å²) in [7, 11) is 0. The average Bonchev–Trinajstić information content (AvgIpc) is 2.99. The summed E-state index contributed by atoms with van der Waals surface area (Å²) in [6.07, 6.45) is 3.99. The molecule has 0 saturated carbocycles. The molecule has 29 heavy (non-hydrogen) atoms. The highest BCUT2D eigenvalue weighted by atomic mass is 35.5. The number of ether oxygens (including phenoxy) is 3. The van der Waals surface area contributed by atoms with Crippen molar-refractivity contribution < 1.29 is 19.0 Å². The largest absolute Gasteiger partial charge is 0.489 e. The van der Waals surface area contributed by atoms with Gasteiger partial charge < -0.3 is 24.4 Å². The van der Waals surface area contributed by atoms with Crippen molar-refractivity contribution in [1.82, 2.24) is 0 Å². The number of hydrogen-bond donors (Lipinski definition) is 1. The standard InChI is InChI=1S/C22H23ClN2O4/c23-19-14-16(15-20-22(19)29-11-1-10-28-20)2-7-21(26)24-17-3-5-18(6-4-17)25-8-12-27-13-9-25/h2-7,14-15H,1,8-13H2,(H,24,26). The van der Waals surface area contributed by atoms with Crippen LogP contribution in [0.25, 0.3) is 6.08 Å². The van der Waals surface area contributed by atoms with Gasteiger partial charge in [0.15, 0.2) is 11.5 Å². The highest BCUT2D eigenvalue weighted by molar-refractivity contribution is 6.32. The molecule has 2 heterocycles. The lowest BCUT2D eigenvalue weighted by atomic mass is 10.2. The van der Waals surface area contributed by atoms with Crippen LogP contribution in [0.5, 0.6) is 11.5 Å². The third-order valence-electron chi connectivity index (χ3n) is 4.76. The number of rotatable bonds is 4. The Labute approximate surface area is 175 Å². The van der Waals surface area contributed by atoms with Gasteiger partial charge in [0.2, 0.25) is 5.91 Å². The molecule has 0 bridgehead atoms. The number of fused-ring (bicyclic) bond motifs is 1. The van der Waals surface area contributed by atoms with E-state index < -0.39 is 0 Å². The van der Waals surface area contributed by atoms with Crippen molar-refractivity contribution in [3.8, 4) is 11.5 Å². The Bertz CT molecular complexity index is 892. The fourth-order valence-electron chi connectivity index (χ4n) is 3.28. The van der Waals surface area contributed by atoms with E-state index in [0.29, 0.717) is 29.7 Å². The van der Waals surface area contributed by atoms with Gasteiger partial charge in [0, 0.05) is 37.0 Å². The van der Waals surface area contributed by atoms with Crippen LogP contribution in [0, 0.1) is 0 Å². The molecule has 0 aromatic heterocycles. The summed E-state index contributed by atoms with van der Waals surface area (Å²) in [5.74, 6) is 0.951. The fourth-order valence-corrected chi connectivity index (χ4v) is 3.55. The van der Waals surface area contributed by atoms with Gasteiger partial charge in [0.05, 0.1) is 31.5 Å². The van der Waals surface area contributed by atoms with Gasteiger partial charge in [0.25, 0.3) is 0 Å². The first kappa shape index (κ1) is 19.6. The molecule has 0 aliphatic carbocycles. The highest BCUT2D eigenvalue weighted by Crippen LogP contribution is 2.38. The molecule has 4 rings (SSSR count). The first-order valence-corrected chi connectivity index (χ1v) is 10.1. The van der Waals surface area contributed by atoms with Crippen LogP contribution < -0.4 is 19.7 Å². The minimum absolute atomic E-state index is 0.215. The van der Waals surface area contributed by atoms with Crippen LogP contribution in [0.3, 0.4) is 0 Å². The lowest BCUT2D eigenvalue weighted by Gasteiger charge is -2.28. The quantitative estimate of drug-likeness (QED) is 0.766. The second kappa shape index (κ2) is 9.20. The fraction of sp³-hybridized carbons (Fsp3) is 0.318. The van der Waals surface area contributed by atoms with Gasteiger partial charge in [-0.15, -0.1) is 0 Å². The molecular weight excluding hydrogens is 392 g/mol. The van der Waals surface area contributed by atoms with Crippen LogP contribution in [-0.4, -0.2) is 45.4 Å². The molecule has 0 radical (unpaired) electrons. The zero-order valence-electron chi connectivity index (χ0n) is 16.0. The molecule has 6 nitrogen and oxygen atoms in total. The van der Waals surface area contributed by atoms with Gasteiger partial charge in [-0.2, -0.15) is 0 Å². The number of carbonyl (C=O) groups is 1. The molecule has 1 amide bonds. The summed E-state index contributed by atoms with van der Waals surface area (Å²) in [6.45, 7) is 4.41. The maximum absolute atomic E-state index is 12.3. The van der Waals surface area contributed by atoms with Crippen LogP contribution in [0.2, 0.25) is 5.02 Å². The maximum atomic E-state index is 12.3. The number of halogens is 1. The van der Waals surface area contributed by atoms with Gasteiger partial charge in [-0.25, -0.2) is 0 Å².